The third-order valence-corrected chi connectivity index (χ3v) is 13.0. The van der Waals surface area contributed by atoms with Gasteiger partial charge in [0.2, 0.25) is 5.88 Å². The fourth-order valence-electron chi connectivity index (χ4n) is 7.67. The molecule has 37 heteroatoms. The Labute approximate surface area is 559 Å². The molecule has 0 aromatic carbocycles. The Bertz CT molecular complexity index is 4620. The lowest BCUT2D eigenvalue weighted by Crippen LogP contribution is -2.13. The Kier molecular flexibility index (Phi) is 26.9. The van der Waals surface area contributed by atoms with Crippen molar-refractivity contribution < 1.29 is 74.0 Å². The van der Waals surface area contributed by atoms with Gasteiger partial charge in [0, 0.05) is 56.1 Å². The van der Waals surface area contributed by atoms with Crippen LogP contribution in [0.1, 0.15) is 71.9 Å². The number of aliphatic hydroxyl groups is 1. The highest BCUT2D eigenvalue weighted by atomic mass is 35.5. The van der Waals surface area contributed by atoms with E-state index in [4.69, 9.17) is 72.1 Å². The summed E-state index contributed by atoms with van der Waals surface area (Å²) in [5, 5.41) is 26.2. The summed E-state index contributed by atoms with van der Waals surface area (Å²) in [7, 11) is 0. The van der Waals surface area contributed by atoms with Crippen LogP contribution in [0.5, 0.6) is 5.88 Å². The van der Waals surface area contributed by atoms with Crippen LogP contribution in [0, 0.1) is 0 Å². The van der Waals surface area contributed by atoms with Crippen molar-refractivity contribution in [2.75, 3.05) is 24.7 Å². The van der Waals surface area contributed by atoms with E-state index >= 15 is 0 Å². The Morgan fingerprint density at radius 2 is 0.918 bits per heavy atom. The number of amides is 1. The van der Waals surface area contributed by atoms with Crippen LogP contribution in [0.3, 0.4) is 0 Å². The molecule has 25 nitrogen and oxygen atoms in total. The highest BCUT2D eigenvalue weighted by Crippen LogP contribution is 2.33. The molecule has 510 valence electrons. The summed E-state index contributed by atoms with van der Waals surface area (Å²) in [6, 6.07) is 17.6. The minimum absolute atomic E-state index is 0.0231. The first-order chi connectivity index (χ1) is 46.3. The molecule has 0 saturated carbocycles. The molecule has 0 saturated heterocycles. The average molecular weight is 1430 g/mol. The van der Waals surface area contributed by atoms with Gasteiger partial charge in [-0.1, -0.05) is 34.8 Å². The van der Waals surface area contributed by atoms with Crippen LogP contribution in [0.2, 0.25) is 15.5 Å². The monoisotopic (exact) mass is 1420 g/mol. The van der Waals surface area contributed by atoms with Crippen LogP contribution >= 0.6 is 34.8 Å². The number of nitrogens with one attached hydrogen (secondary N) is 2. The summed E-state index contributed by atoms with van der Waals surface area (Å²) < 4.78 is 119. The molecule has 0 unspecified atom stereocenters. The van der Waals surface area contributed by atoms with Crippen LogP contribution in [0.25, 0.3) is 44.8 Å². The van der Waals surface area contributed by atoms with Gasteiger partial charge in [0.25, 0.3) is 17.0 Å². The van der Waals surface area contributed by atoms with Gasteiger partial charge < -0.3 is 47.2 Å². The van der Waals surface area contributed by atoms with Crippen molar-refractivity contribution >= 4 is 85.8 Å². The number of aryl methyl sites for hydroxylation is 2. The number of aromatic nitrogens is 13. The Morgan fingerprint density at radius 1 is 0.500 bits per heavy atom. The molecule has 0 aliphatic rings. The quantitative estimate of drug-likeness (QED) is 0.0302. The van der Waals surface area contributed by atoms with Crippen molar-refractivity contribution in [3.05, 3.63) is 234 Å². The molecule has 0 fully saturated rings. The molecule has 98 heavy (non-hydrogen) atoms. The summed E-state index contributed by atoms with van der Waals surface area (Å²) in [6.07, 6.45) is 4.72. The zero-order valence-corrected chi connectivity index (χ0v) is 51.9. The smallest absolute Gasteiger partial charge is 0.416 e. The lowest BCUT2D eigenvalue weighted by molar-refractivity contribution is -0.138. The molecule has 11 aromatic rings. The zero-order valence-electron chi connectivity index (χ0n) is 49.7. The van der Waals surface area contributed by atoms with Gasteiger partial charge in [0.1, 0.15) is 32.5 Å². The lowest BCUT2D eigenvalue weighted by Gasteiger charge is -2.09. The van der Waals surface area contributed by atoms with E-state index in [1.165, 1.54) is 54.6 Å². The number of carbonyl (C=O) groups excluding carboxylic acids is 1. The molecule has 0 radical (unpaired) electrons. The zero-order chi connectivity index (χ0) is 71.9. The molecule has 11 N–H and O–H groups in total. The van der Waals surface area contributed by atoms with Crippen molar-refractivity contribution in [3.63, 3.8) is 0 Å². The SMILES string of the molecule is NC(=O)c1cc(Cl)ncc1N.Nc1cnc(Cl)cc1C(=O)O.O=C(O)c1cc(C(F)(F)F)ccn1.O=c1[nH]c(-c2cc(C(F)(F)F)ccn2)nc2cnc(Cl)cc12.O=c1[nH]c(-c2cc(C(F)(F)F)ccn2)nc2cnc(OCCCc3ccncc3)cc12.OCCCc1ccncc1. The maximum atomic E-state index is 12.9. The highest BCUT2D eigenvalue weighted by Gasteiger charge is 2.33. The standard InChI is InChI=1S/C21H16F3N5O2.C13H6ClF3N4O.C8H11NO.C7H4F3NO2.C6H6ClN3O.C6H5ClN2O2/c22-21(23,24)14-5-8-26-16(10-14)19-28-17-12-27-18(11-15(17)20(30)29-19)31-9-1-2-13-3-6-25-7-4-13;14-10-4-7-9(5-19-10)20-11(21-12(7)22)8-3-6(1-2-18-8)13(15,16)17;10-7-1-2-8-3-5-9-6-4-8;8-7(9,10)4-1-2-11-5(3-4)6(12)13;7-5-1-3(6(9)11)4(8)2-10-5;7-5-1-3(6(10)11)4(8)2-9-5/h3-8,10-12H,1-2,9H2,(H,28,29,30);1-5H,(H,20,21,22);3-6,10H,1-2,7H2;1-3H,(H,12,13);1-2H,8H2,(H2,9,11);1-2H,8H2,(H,10,11). The number of alkyl halides is 9. The first-order valence-corrected chi connectivity index (χ1v) is 28.6. The van der Waals surface area contributed by atoms with E-state index in [0.29, 0.717) is 18.7 Å². The minimum Gasteiger partial charge on any atom is -0.478 e. The summed E-state index contributed by atoms with van der Waals surface area (Å²) in [4.78, 5) is 103. The third kappa shape index (κ3) is 23.2. The number of rotatable bonds is 13. The van der Waals surface area contributed by atoms with Crippen LogP contribution in [-0.2, 0) is 31.4 Å². The summed E-state index contributed by atoms with van der Waals surface area (Å²) in [5.41, 5.74) is 14.3. The highest BCUT2D eigenvalue weighted by molar-refractivity contribution is 6.30. The number of hydrogen-bond donors (Lipinski definition) is 8. The fourth-order valence-corrected chi connectivity index (χ4v) is 8.15. The molecule has 0 spiro atoms. The number of aromatic amines is 2. The fraction of sp³-hybridized carbons (Fsp3) is 0.148. The normalized spacial score (nSPS) is 10.9. The van der Waals surface area contributed by atoms with E-state index in [0.717, 1.165) is 74.1 Å². The van der Waals surface area contributed by atoms with Crippen LogP contribution in [0.4, 0.5) is 50.9 Å². The number of halogens is 12. The number of nitrogens with zero attached hydrogens (tertiary/aromatic N) is 11. The van der Waals surface area contributed by atoms with Gasteiger partial charge in [-0.05, 0) is 116 Å². The van der Waals surface area contributed by atoms with E-state index in [2.05, 4.69) is 64.8 Å². The van der Waals surface area contributed by atoms with Gasteiger partial charge in [0.15, 0.2) is 11.6 Å². The number of pyridine rings is 9. The maximum Gasteiger partial charge on any atom is 0.416 e. The number of nitrogens with two attached hydrogens (primary N) is 3. The second-order valence-corrected chi connectivity index (χ2v) is 20.5. The maximum absolute atomic E-state index is 12.9. The molecule has 0 aliphatic carbocycles. The van der Waals surface area contributed by atoms with Crippen molar-refractivity contribution in [3.8, 4) is 28.9 Å². The first-order valence-electron chi connectivity index (χ1n) is 27.5. The third-order valence-electron chi connectivity index (χ3n) is 12.4. The number of carboxylic acid groups (broad SMARTS) is 2. The van der Waals surface area contributed by atoms with Gasteiger partial charge in [-0.15, -0.1) is 0 Å². The molecule has 11 rings (SSSR count). The first kappa shape index (κ1) is 75.7. The number of hydrogen-bond acceptors (Lipinski definition) is 20. The number of primary amides is 1. The van der Waals surface area contributed by atoms with Gasteiger partial charge in [0.05, 0.1) is 92.4 Å². The van der Waals surface area contributed by atoms with Crippen LogP contribution in [-0.4, -0.2) is 111 Å². The number of aromatic carboxylic acids is 2. The number of carbonyl (C=O) groups is 3. The number of anilines is 2. The van der Waals surface area contributed by atoms with Crippen molar-refractivity contribution in [2.24, 2.45) is 5.73 Å². The molecule has 0 atom stereocenters. The lowest BCUT2D eigenvalue weighted by atomic mass is 10.1. The molecule has 11 heterocycles. The van der Waals surface area contributed by atoms with E-state index in [-0.39, 0.29) is 95.3 Å². The van der Waals surface area contributed by atoms with E-state index in [1.54, 1.807) is 24.8 Å². The summed E-state index contributed by atoms with van der Waals surface area (Å²) in [5.74, 6) is -3.08. The Balaban J connectivity index is 0.000000198. The number of nitrogen functional groups attached to an aromatic ring is 2. The van der Waals surface area contributed by atoms with Crippen molar-refractivity contribution in [1.82, 2.24) is 64.8 Å². The van der Waals surface area contributed by atoms with Gasteiger partial charge in [-0.2, -0.15) is 39.5 Å². The second-order valence-electron chi connectivity index (χ2n) is 19.3. The number of fused-ring (bicyclic) bond motifs is 2. The number of carboxylic acids is 2. The topological polar surface area (TPSA) is 407 Å². The van der Waals surface area contributed by atoms with Crippen LogP contribution in [0.15, 0.2) is 163 Å². The van der Waals surface area contributed by atoms with Gasteiger partial charge in [-0.3, -0.25) is 34.3 Å². The molecule has 0 bridgehead atoms. The average Bonchev–Trinajstić information content (AvgIpc) is 0.798. The molecular formula is C61H48Cl3F9N16O9. The Hall–Kier alpha value is -11.4. The summed E-state index contributed by atoms with van der Waals surface area (Å²) in [6.45, 7) is 0.667. The van der Waals surface area contributed by atoms with Gasteiger partial charge in [-0.25, -0.2) is 44.5 Å². The van der Waals surface area contributed by atoms with Crippen molar-refractivity contribution in [2.45, 2.75) is 44.2 Å². The second kappa shape index (κ2) is 34.9. The van der Waals surface area contributed by atoms with E-state index < -0.39 is 69.9 Å². The molecule has 0 aliphatic heterocycles. The summed E-state index contributed by atoms with van der Waals surface area (Å²) >= 11 is 16.6. The number of ether oxygens (including phenoxy) is 1. The predicted octanol–water partition coefficient (Wildman–Crippen LogP) is 11.1. The number of aliphatic hydroxyl groups excluding tert-OH is 1. The predicted molar refractivity (Wildman–Crippen MR) is 338 cm³/mol. The molecular weight excluding hydrogens is 1380 g/mol. The van der Waals surface area contributed by atoms with E-state index in [9.17, 15) is 63.5 Å². The number of H-pyrrole nitrogens is 2. The van der Waals surface area contributed by atoms with Crippen LogP contribution < -0.4 is 33.1 Å². The minimum atomic E-state index is -4.53. The Morgan fingerprint density at radius 3 is 1.36 bits per heavy atom. The van der Waals surface area contributed by atoms with Gasteiger partial charge >= 0.3 is 30.5 Å². The molecule has 11 aromatic heterocycles. The van der Waals surface area contributed by atoms with E-state index in [1.807, 2.05) is 24.3 Å². The largest absolute Gasteiger partial charge is 0.478 e. The van der Waals surface area contributed by atoms with Crippen molar-refractivity contribution in [1.29, 1.82) is 0 Å². The molecule has 1 amide bonds.